The van der Waals surface area contributed by atoms with Gasteiger partial charge in [-0.05, 0) is 42.7 Å². The number of hydrogen-bond acceptors (Lipinski definition) is 5. The molecule has 0 saturated heterocycles. The zero-order valence-electron chi connectivity index (χ0n) is 16.7. The van der Waals surface area contributed by atoms with Gasteiger partial charge in [-0.2, -0.15) is 0 Å². The van der Waals surface area contributed by atoms with Crippen molar-refractivity contribution in [1.29, 1.82) is 0 Å². The van der Waals surface area contributed by atoms with Crippen molar-refractivity contribution in [3.8, 4) is 17.6 Å². The van der Waals surface area contributed by atoms with E-state index < -0.39 is 6.86 Å². The van der Waals surface area contributed by atoms with E-state index in [-0.39, 0.29) is 11.8 Å². The molecule has 1 saturated carbocycles. The number of ether oxygens (including phenoxy) is 1. The fourth-order valence-electron chi connectivity index (χ4n) is 3.25. The minimum Gasteiger partial charge on any atom is -0.463 e. The van der Waals surface area contributed by atoms with Gasteiger partial charge in [0.25, 0.3) is 0 Å². The Bertz CT molecular complexity index is 1150. The van der Waals surface area contributed by atoms with Crippen LogP contribution in [0.1, 0.15) is 24.5 Å². The van der Waals surface area contributed by atoms with E-state index in [9.17, 15) is 9.18 Å². The van der Waals surface area contributed by atoms with Gasteiger partial charge in [-0.15, -0.1) is 0 Å². The number of amides is 1. The molecule has 2 N–H and O–H groups in total. The van der Waals surface area contributed by atoms with Crippen LogP contribution in [0.5, 0.6) is 5.75 Å². The second-order valence-corrected chi connectivity index (χ2v) is 7.22. The third-order valence-corrected chi connectivity index (χ3v) is 5.12. The fraction of sp³-hybridized carbons (Fsp3) is 0.261. The Kier molecular flexibility index (Phi) is 5.48. The molecule has 1 aliphatic carbocycles. The molecule has 2 heterocycles. The molecule has 4 rings (SSSR count). The first-order valence-electron chi connectivity index (χ1n) is 9.67. The molecule has 1 aliphatic rings. The van der Waals surface area contributed by atoms with Gasteiger partial charge in [0.05, 0.1) is 5.56 Å². The largest absolute Gasteiger partial charge is 0.463 e. The van der Waals surface area contributed by atoms with Gasteiger partial charge >= 0.3 is 0 Å². The number of pyridine rings is 2. The highest BCUT2D eigenvalue weighted by Crippen LogP contribution is 2.38. The first-order chi connectivity index (χ1) is 14.6. The summed E-state index contributed by atoms with van der Waals surface area (Å²) in [5.74, 6) is 8.34. The number of carbonyl (C=O) groups excluding carboxylic acids is 1. The van der Waals surface area contributed by atoms with Gasteiger partial charge in [0, 0.05) is 41.7 Å². The number of nitrogens with one attached hydrogen (secondary N) is 2. The van der Waals surface area contributed by atoms with Crippen LogP contribution in [0.15, 0.2) is 42.7 Å². The van der Waals surface area contributed by atoms with E-state index in [0.717, 1.165) is 22.8 Å². The maximum Gasteiger partial charge on any atom is 0.228 e. The van der Waals surface area contributed by atoms with Crippen molar-refractivity contribution >= 4 is 28.3 Å². The van der Waals surface area contributed by atoms with E-state index in [0.29, 0.717) is 28.9 Å². The smallest absolute Gasteiger partial charge is 0.228 e. The molecule has 30 heavy (non-hydrogen) atoms. The van der Waals surface area contributed by atoms with Crippen LogP contribution in [0.25, 0.3) is 10.8 Å². The van der Waals surface area contributed by atoms with E-state index in [4.69, 9.17) is 4.74 Å². The number of alkyl halides is 1. The van der Waals surface area contributed by atoms with Gasteiger partial charge in [0.15, 0.2) is 0 Å². The maximum absolute atomic E-state index is 12.3. The van der Waals surface area contributed by atoms with Crippen LogP contribution in [0.4, 0.5) is 16.0 Å². The molecular formula is C23H21FN4O2. The van der Waals surface area contributed by atoms with Gasteiger partial charge < -0.3 is 15.4 Å². The lowest BCUT2D eigenvalue weighted by Crippen LogP contribution is -2.15. The number of fused-ring (bicyclic) bond motifs is 1. The van der Waals surface area contributed by atoms with Crippen LogP contribution < -0.4 is 15.4 Å². The Morgan fingerprint density at radius 2 is 1.97 bits per heavy atom. The summed E-state index contributed by atoms with van der Waals surface area (Å²) >= 11 is 0. The summed E-state index contributed by atoms with van der Waals surface area (Å²) in [5.41, 5.74) is 1.48. The number of benzene rings is 1. The Morgan fingerprint density at radius 1 is 1.20 bits per heavy atom. The van der Waals surface area contributed by atoms with Crippen LogP contribution >= 0.6 is 0 Å². The molecule has 0 spiro atoms. The first kappa shape index (κ1) is 19.6. The van der Waals surface area contributed by atoms with Gasteiger partial charge in [-0.25, -0.2) is 14.4 Å². The van der Waals surface area contributed by atoms with E-state index >= 15 is 0 Å². The van der Waals surface area contributed by atoms with Crippen molar-refractivity contribution in [3.05, 3.63) is 53.9 Å². The molecule has 3 aromatic rings. The van der Waals surface area contributed by atoms with E-state index in [1.807, 2.05) is 6.07 Å². The third kappa shape index (κ3) is 4.18. The van der Waals surface area contributed by atoms with Crippen LogP contribution in [0, 0.1) is 23.7 Å². The van der Waals surface area contributed by atoms with Crippen LogP contribution in [-0.4, -0.2) is 29.8 Å². The van der Waals surface area contributed by atoms with Crippen LogP contribution in [0.3, 0.4) is 0 Å². The molecule has 0 aliphatic heterocycles. The summed E-state index contributed by atoms with van der Waals surface area (Å²) in [7, 11) is 1.79. The molecule has 2 atom stereocenters. The number of anilines is 2. The molecule has 0 radical (unpaired) electrons. The summed E-state index contributed by atoms with van der Waals surface area (Å²) in [6.45, 7) is 1.19. The lowest BCUT2D eigenvalue weighted by molar-refractivity contribution is -0.117. The SMILES string of the molecule is CNc1ncc(C#Cc2ccc(OCF)cc2)c2cc(NC(=O)[C@H]3C[C@H]3C)ncc12. The molecule has 0 bridgehead atoms. The van der Waals surface area contributed by atoms with Crippen LogP contribution in [-0.2, 0) is 4.79 Å². The van der Waals surface area contributed by atoms with E-state index in [1.54, 1.807) is 43.7 Å². The average molecular weight is 404 g/mol. The zero-order valence-corrected chi connectivity index (χ0v) is 16.7. The zero-order chi connectivity index (χ0) is 21.1. The summed E-state index contributed by atoms with van der Waals surface area (Å²) in [4.78, 5) is 21.1. The monoisotopic (exact) mass is 404 g/mol. The average Bonchev–Trinajstić information content (AvgIpc) is 3.50. The van der Waals surface area contributed by atoms with Gasteiger partial charge in [-0.3, -0.25) is 4.79 Å². The molecule has 1 fully saturated rings. The lowest BCUT2D eigenvalue weighted by atomic mass is 10.1. The fourth-order valence-corrected chi connectivity index (χ4v) is 3.25. The highest BCUT2D eigenvalue weighted by Gasteiger charge is 2.39. The predicted octanol–water partition coefficient (Wildman–Crippen LogP) is 3.97. The number of nitrogens with zero attached hydrogens (tertiary/aromatic N) is 2. The number of aromatic nitrogens is 2. The van der Waals surface area contributed by atoms with Crippen molar-refractivity contribution in [2.24, 2.45) is 11.8 Å². The first-order valence-corrected chi connectivity index (χ1v) is 9.67. The van der Waals surface area contributed by atoms with Gasteiger partial charge in [0.1, 0.15) is 17.4 Å². The Balaban J connectivity index is 1.66. The summed E-state index contributed by atoms with van der Waals surface area (Å²) in [6, 6.07) is 8.69. The molecule has 6 nitrogen and oxygen atoms in total. The minimum atomic E-state index is -0.868. The number of halogens is 1. The highest BCUT2D eigenvalue weighted by atomic mass is 19.1. The standard InChI is InChI=1S/C23H21FN4O2/c1-14-9-18(14)23(29)28-21-10-19-16(11-27-22(25-2)20(19)12-26-21)6-3-15-4-7-17(8-5-15)30-13-24/h4-5,7-8,10-12,14,18H,9,13H2,1-2H3,(H,25,27)(H,26,28,29)/t14-,18+/m1/s1. The maximum atomic E-state index is 12.3. The quantitative estimate of drug-likeness (QED) is 0.630. The van der Waals surface area contributed by atoms with Crippen molar-refractivity contribution in [3.63, 3.8) is 0 Å². The van der Waals surface area contributed by atoms with Crippen molar-refractivity contribution in [2.75, 3.05) is 24.5 Å². The topological polar surface area (TPSA) is 76.1 Å². The molecule has 2 aromatic heterocycles. The Labute approximate surface area is 173 Å². The Morgan fingerprint density at radius 3 is 2.63 bits per heavy atom. The van der Waals surface area contributed by atoms with Crippen molar-refractivity contribution in [1.82, 2.24) is 9.97 Å². The van der Waals surface area contributed by atoms with Gasteiger partial charge in [-0.1, -0.05) is 18.8 Å². The Hall–Kier alpha value is -3.66. The number of hydrogen-bond donors (Lipinski definition) is 2. The van der Waals surface area contributed by atoms with Crippen molar-refractivity contribution < 1.29 is 13.9 Å². The van der Waals surface area contributed by atoms with Gasteiger partial charge in [0.2, 0.25) is 12.8 Å². The van der Waals surface area contributed by atoms with E-state index in [1.165, 1.54) is 0 Å². The van der Waals surface area contributed by atoms with Crippen molar-refractivity contribution in [2.45, 2.75) is 13.3 Å². The minimum absolute atomic E-state index is 0.000434. The highest BCUT2D eigenvalue weighted by molar-refractivity contribution is 5.99. The van der Waals surface area contributed by atoms with Crippen LogP contribution in [0.2, 0.25) is 0 Å². The molecule has 1 amide bonds. The number of carbonyl (C=O) groups is 1. The molecule has 152 valence electrons. The second kappa shape index (κ2) is 8.37. The summed E-state index contributed by atoms with van der Waals surface area (Å²) in [6.07, 6.45) is 4.30. The molecule has 7 heteroatoms. The summed E-state index contributed by atoms with van der Waals surface area (Å²) in [5, 5.41) is 7.61. The third-order valence-electron chi connectivity index (χ3n) is 5.12. The normalized spacial score (nSPS) is 17.0. The lowest BCUT2D eigenvalue weighted by Gasteiger charge is -2.09. The predicted molar refractivity (Wildman–Crippen MR) is 114 cm³/mol. The number of rotatable bonds is 5. The summed E-state index contributed by atoms with van der Waals surface area (Å²) < 4.78 is 17.0. The second-order valence-electron chi connectivity index (χ2n) is 7.22. The molecule has 0 unspecified atom stereocenters. The van der Waals surface area contributed by atoms with E-state index in [2.05, 4.69) is 39.4 Å². The molecular weight excluding hydrogens is 383 g/mol. The molecule has 1 aromatic carbocycles.